The molecule has 0 spiro atoms. The van der Waals surface area contributed by atoms with Crippen molar-refractivity contribution in [2.45, 2.75) is 32.1 Å². The number of hydrogen-bond donors (Lipinski definition) is 2. The van der Waals surface area contributed by atoms with E-state index in [1.54, 1.807) is 0 Å². The number of ether oxygens (including phenoxy) is 1. The van der Waals surface area contributed by atoms with E-state index >= 15 is 0 Å². The molecule has 0 aliphatic carbocycles. The minimum atomic E-state index is -0.195. The number of hydrogen-bond acceptors (Lipinski definition) is 4. The second-order valence-corrected chi connectivity index (χ2v) is 6.06. The molecular formula is C17H25N3O2S. The zero-order valence-electron chi connectivity index (χ0n) is 13.6. The van der Waals surface area contributed by atoms with Crippen molar-refractivity contribution in [3.8, 4) is 0 Å². The van der Waals surface area contributed by atoms with Crippen molar-refractivity contribution in [2.75, 3.05) is 37.0 Å². The van der Waals surface area contributed by atoms with Crippen molar-refractivity contribution >= 4 is 34.7 Å². The largest absolute Gasteiger partial charge is 0.469 e. The molecule has 1 aliphatic heterocycles. The van der Waals surface area contributed by atoms with Gasteiger partial charge in [-0.2, -0.15) is 0 Å². The van der Waals surface area contributed by atoms with Crippen molar-refractivity contribution in [3.05, 3.63) is 24.3 Å². The quantitative estimate of drug-likeness (QED) is 0.474. The van der Waals surface area contributed by atoms with Gasteiger partial charge in [0.2, 0.25) is 0 Å². The van der Waals surface area contributed by atoms with Crippen LogP contribution in [0.5, 0.6) is 0 Å². The summed E-state index contributed by atoms with van der Waals surface area (Å²) in [6.45, 7) is 2.94. The summed E-state index contributed by atoms with van der Waals surface area (Å²) in [4.78, 5) is 13.4. The molecule has 126 valence electrons. The second kappa shape index (κ2) is 9.35. The number of nitrogens with zero attached hydrogens (tertiary/aromatic N) is 1. The number of anilines is 2. The predicted octanol–water partition coefficient (Wildman–Crippen LogP) is 2.92. The fraction of sp³-hybridized carbons (Fsp3) is 0.529. The van der Waals surface area contributed by atoms with E-state index in [1.807, 2.05) is 12.1 Å². The molecule has 0 bridgehead atoms. The standard InChI is InChI=1S/C17H25N3O2S/c1-22-16(21)6-5-11-18-17(23)19-14-7-9-15(10-8-14)20-12-3-2-4-13-20/h7-10H,2-6,11-13H2,1H3,(H2,18,19,23). The zero-order chi connectivity index (χ0) is 16.5. The molecule has 0 saturated carbocycles. The average molecular weight is 335 g/mol. The van der Waals surface area contributed by atoms with Crippen molar-refractivity contribution in [3.63, 3.8) is 0 Å². The molecule has 5 nitrogen and oxygen atoms in total. The predicted molar refractivity (Wildman–Crippen MR) is 98.0 cm³/mol. The maximum absolute atomic E-state index is 11.0. The third kappa shape index (κ3) is 6.06. The number of esters is 1. The molecule has 2 rings (SSSR count). The highest BCUT2D eigenvalue weighted by Crippen LogP contribution is 2.21. The lowest BCUT2D eigenvalue weighted by atomic mass is 10.1. The molecular weight excluding hydrogens is 310 g/mol. The van der Waals surface area contributed by atoms with Gasteiger partial charge in [-0.05, 0) is 62.2 Å². The van der Waals surface area contributed by atoms with Crippen LogP contribution in [-0.2, 0) is 9.53 Å². The van der Waals surface area contributed by atoms with E-state index in [4.69, 9.17) is 12.2 Å². The summed E-state index contributed by atoms with van der Waals surface area (Å²) in [5.74, 6) is -0.195. The number of piperidine rings is 1. The van der Waals surface area contributed by atoms with Crippen LogP contribution in [0, 0.1) is 0 Å². The molecule has 1 fully saturated rings. The van der Waals surface area contributed by atoms with Gasteiger partial charge in [0.05, 0.1) is 7.11 Å². The van der Waals surface area contributed by atoms with Crippen LogP contribution in [0.2, 0.25) is 0 Å². The van der Waals surface area contributed by atoms with E-state index in [1.165, 1.54) is 32.1 Å². The Morgan fingerprint density at radius 2 is 1.91 bits per heavy atom. The number of rotatable bonds is 6. The highest BCUT2D eigenvalue weighted by Gasteiger charge is 2.10. The highest BCUT2D eigenvalue weighted by atomic mass is 32.1. The van der Waals surface area contributed by atoms with Crippen LogP contribution >= 0.6 is 12.2 Å². The summed E-state index contributed by atoms with van der Waals surface area (Å²) in [5, 5.41) is 6.82. The van der Waals surface area contributed by atoms with Crippen LogP contribution in [0.15, 0.2) is 24.3 Å². The van der Waals surface area contributed by atoms with Crippen molar-refractivity contribution in [1.82, 2.24) is 5.32 Å². The monoisotopic (exact) mass is 335 g/mol. The van der Waals surface area contributed by atoms with Gasteiger partial charge in [0.25, 0.3) is 0 Å². The number of carbonyl (C=O) groups excluding carboxylic acids is 1. The van der Waals surface area contributed by atoms with E-state index in [0.29, 0.717) is 24.5 Å². The molecule has 0 amide bonds. The van der Waals surface area contributed by atoms with Crippen molar-refractivity contribution < 1.29 is 9.53 Å². The Morgan fingerprint density at radius 3 is 2.57 bits per heavy atom. The summed E-state index contributed by atoms with van der Waals surface area (Å²) in [5.41, 5.74) is 2.24. The Morgan fingerprint density at radius 1 is 1.22 bits per heavy atom. The molecule has 0 radical (unpaired) electrons. The van der Waals surface area contributed by atoms with Crippen LogP contribution in [0.3, 0.4) is 0 Å². The molecule has 0 aromatic heterocycles. The third-order valence-corrected chi connectivity index (χ3v) is 4.16. The Bertz CT molecular complexity index is 513. The zero-order valence-corrected chi connectivity index (χ0v) is 14.5. The van der Waals surface area contributed by atoms with Gasteiger partial charge >= 0.3 is 5.97 Å². The third-order valence-electron chi connectivity index (χ3n) is 3.92. The fourth-order valence-corrected chi connectivity index (χ4v) is 2.84. The van der Waals surface area contributed by atoms with Gasteiger partial charge in [-0.3, -0.25) is 4.79 Å². The van der Waals surface area contributed by atoms with Gasteiger partial charge in [-0.1, -0.05) is 0 Å². The minimum Gasteiger partial charge on any atom is -0.469 e. The average Bonchev–Trinajstić information content (AvgIpc) is 2.60. The Hall–Kier alpha value is -1.82. The van der Waals surface area contributed by atoms with E-state index in [9.17, 15) is 4.79 Å². The SMILES string of the molecule is COC(=O)CCCNC(=S)Nc1ccc(N2CCCCC2)cc1. The van der Waals surface area contributed by atoms with Gasteiger partial charge in [0, 0.05) is 37.4 Å². The van der Waals surface area contributed by atoms with Crippen molar-refractivity contribution in [2.24, 2.45) is 0 Å². The van der Waals surface area contributed by atoms with Gasteiger partial charge < -0.3 is 20.3 Å². The topological polar surface area (TPSA) is 53.6 Å². The Balaban J connectivity index is 1.72. The highest BCUT2D eigenvalue weighted by molar-refractivity contribution is 7.80. The number of benzene rings is 1. The van der Waals surface area contributed by atoms with Gasteiger partial charge in [0.1, 0.15) is 0 Å². The number of carbonyl (C=O) groups is 1. The molecule has 0 unspecified atom stereocenters. The Kier molecular flexibility index (Phi) is 7.13. The first-order valence-electron chi connectivity index (χ1n) is 8.16. The molecule has 1 aliphatic rings. The van der Waals surface area contributed by atoms with E-state index in [-0.39, 0.29) is 5.97 Å². The molecule has 2 N–H and O–H groups in total. The molecule has 1 aromatic carbocycles. The lowest BCUT2D eigenvalue weighted by Gasteiger charge is -2.28. The first-order chi connectivity index (χ1) is 11.2. The number of thiocarbonyl (C=S) groups is 1. The first kappa shape index (κ1) is 17.5. The molecule has 6 heteroatoms. The van der Waals surface area contributed by atoms with Crippen LogP contribution in [-0.4, -0.2) is 37.8 Å². The van der Waals surface area contributed by atoms with Gasteiger partial charge in [-0.15, -0.1) is 0 Å². The van der Waals surface area contributed by atoms with E-state index in [0.717, 1.165) is 18.8 Å². The van der Waals surface area contributed by atoms with Gasteiger partial charge in [0.15, 0.2) is 5.11 Å². The lowest BCUT2D eigenvalue weighted by Crippen LogP contribution is -2.30. The smallest absolute Gasteiger partial charge is 0.305 e. The first-order valence-corrected chi connectivity index (χ1v) is 8.56. The van der Waals surface area contributed by atoms with E-state index in [2.05, 4.69) is 32.4 Å². The van der Waals surface area contributed by atoms with Gasteiger partial charge in [-0.25, -0.2) is 0 Å². The molecule has 1 aromatic rings. The summed E-state index contributed by atoms with van der Waals surface area (Å²) in [6, 6.07) is 8.36. The number of methoxy groups -OCH3 is 1. The van der Waals surface area contributed by atoms with E-state index < -0.39 is 0 Å². The summed E-state index contributed by atoms with van der Waals surface area (Å²) in [6.07, 6.45) is 4.99. The maximum atomic E-state index is 11.0. The van der Waals surface area contributed by atoms with Crippen LogP contribution < -0.4 is 15.5 Å². The second-order valence-electron chi connectivity index (χ2n) is 5.66. The fourth-order valence-electron chi connectivity index (χ4n) is 2.62. The van der Waals surface area contributed by atoms with Crippen LogP contribution in [0.4, 0.5) is 11.4 Å². The lowest BCUT2D eigenvalue weighted by molar-refractivity contribution is -0.140. The minimum absolute atomic E-state index is 0.195. The normalized spacial score (nSPS) is 14.2. The number of nitrogens with one attached hydrogen (secondary N) is 2. The van der Waals surface area contributed by atoms with Crippen LogP contribution in [0.1, 0.15) is 32.1 Å². The summed E-state index contributed by atoms with van der Waals surface area (Å²) < 4.78 is 4.59. The van der Waals surface area contributed by atoms with Crippen molar-refractivity contribution in [1.29, 1.82) is 0 Å². The maximum Gasteiger partial charge on any atom is 0.305 e. The summed E-state index contributed by atoms with van der Waals surface area (Å²) >= 11 is 5.25. The molecule has 23 heavy (non-hydrogen) atoms. The summed E-state index contributed by atoms with van der Waals surface area (Å²) in [7, 11) is 1.40. The molecule has 1 saturated heterocycles. The van der Waals surface area contributed by atoms with Crippen LogP contribution in [0.25, 0.3) is 0 Å². The molecule has 0 atom stereocenters. The Labute approximate surface area is 143 Å². The molecule has 1 heterocycles.